The minimum absolute atomic E-state index is 0.0863. The number of rotatable bonds is 4. The first-order valence-electron chi connectivity index (χ1n) is 7.22. The van der Waals surface area contributed by atoms with Crippen molar-refractivity contribution < 1.29 is 35.1 Å². The van der Waals surface area contributed by atoms with Gasteiger partial charge in [0.15, 0.2) is 0 Å². The van der Waals surface area contributed by atoms with Crippen LogP contribution in [0.1, 0.15) is 5.56 Å². The number of hydrogen-bond donors (Lipinski definition) is 0. The van der Waals surface area contributed by atoms with Gasteiger partial charge in [0.2, 0.25) is 15.9 Å². The Bertz CT molecular complexity index is 890. The van der Waals surface area contributed by atoms with Crippen molar-refractivity contribution in [3.63, 3.8) is 0 Å². The molecular formula is C15H11F5N2O3S. The fourth-order valence-corrected chi connectivity index (χ4v) is 3.83. The predicted molar refractivity (Wildman–Crippen MR) is 78.8 cm³/mol. The lowest BCUT2D eigenvalue weighted by atomic mass is 10.2. The Hall–Kier alpha value is -2.27. The fraction of sp³-hybridized carbons (Fsp3) is 0.267. The molecule has 0 aliphatic carbocycles. The fourth-order valence-electron chi connectivity index (χ4n) is 2.29. The van der Waals surface area contributed by atoms with E-state index in [1.54, 1.807) is 0 Å². The summed E-state index contributed by atoms with van der Waals surface area (Å²) in [5, 5.41) is 0. The standard InChI is InChI=1S/C15H11F5N2O3S/c16-10-3-11(17)5-13(4-10)26(23,24)22-7-12(8-22)25-14-2-1-9(6-21-14)15(18,19)20/h1-6,12H,7-8H2. The second-order valence-electron chi connectivity index (χ2n) is 5.55. The highest BCUT2D eigenvalue weighted by molar-refractivity contribution is 7.89. The van der Waals surface area contributed by atoms with E-state index < -0.39 is 44.4 Å². The number of halogens is 5. The minimum atomic E-state index is -4.52. The number of ether oxygens (including phenoxy) is 1. The van der Waals surface area contributed by atoms with Gasteiger partial charge < -0.3 is 4.74 Å². The normalized spacial score (nSPS) is 16.3. The van der Waals surface area contributed by atoms with Crippen molar-refractivity contribution in [1.82, 2.24) is 9.29 Å². The number of aromatic nitrogens is 1. The molecule has 2 heterocycles. The van der Waals surface area contributed by atoms with Crippen LogP contribution in [-0.4, -0.2) is 36.9 Å². The molecule has 0 radical (unpaired) electrons. The summed E-state index contributed by atoms with van der Waals surface area (Å²) in [5.41, 5.74) is -0.934. The summed E-state index contributed by atoms with van der Waals surface area (Å²) < 4.78 is 94.5. The summed E-state index contributed by atoms with van der Waals surface area (Å²) >= 11 is 0. The molecule has 1 aliphatic heterocycles. The minimum Gasteiger partial charge on any atom is -0.472 e. The maximum atomic E-state index is 13.2. The molecule has 26 heavy (non-hydrogen) atoms. The number of pyridine rings is 1. The van der Waals surface area contributed by atoms with E-state index in [1.807, 2.05) is 0 Å². The average molecular weight is 394 g/mol. The molecule has 0 atom stereocenters. The predicted octanol–water partition coefficient (Wildman–Crippen LogP) is 2.83. The second-order valence-corrected chi connectivity index (χ2v) is 7.49. The average Bonchev–Trinajstić information content (AvgIpc) is 2.49. The molecule has 5 nitrogen and oxygen atoms in total. The summed E-state index contributed by atoms with van der Waals surface area (Å²) in [7, 11) is -4.09. The van der Waals surface area contributed by atoms with Crippen LogP contribution in [0.3, 0.4) is 0 Å². The number of alkyl halides is 3. The van der Waals surface area contributed by atoms with Gasteiger partial charge in [-0.3, -0.25) is 0 Å². The van der Waals surface area contributed by atoms with E-state index >= 15 is 0 Å². The highest BCUT2D eigenvalue weighted by Gasteiger charge is 2.39. The Labute approximate surface area is 145 Å². The van der Waals surface area contributed by atoms with Crippen LogP contribution in [0.5, 0.6) is 5.88 Å². The van der Waals surface area contributed by atoms with Gasteiger partial charge in [-0.15, -0.1) is 0 Å². The first-order chi connectivity index (χ1) is 12.1. The number of benzene rings is 1. The molecule has 1 aliphatic rings. The van der Waals surface area contributed by atoms with E-state index in [0.717, 1.165) is 16.4 Å². The van der Waals surface area contributed by atoms with Gasteiger partial charge in [-0.25, -0.2) is 22.2 Å². The van der Waals surface area contributed by atoms with Gasteiger partial charge in [0.1, 0.15) is 17.7 Å². The molecule has 0 amide bonds. The van der Waals surface area contributed by atoms with Crippen LogP contribution in [0, 0.1) is 11.6 Å². The van der Waals surface area contributed by atoms with Crippen molar-refractivity contribution in [2.24, 2.45) is 0 Å². The number of nitrogens with zero attached hydrogens (tertiary/aromatic N) is 2. The molecule has 1 aromatic carbocycles. The first-order valence-corrected chi connectivity index (χ1v) is 8.66. The van der Waals surface area contributed by atoms with Crippen molar-refractivity contribution in [1.29, 1.82) is 0 Å². The second kappa shape index (κ2) is 6.47. The first kappa shape index (κ1) is 18.5. The molecule has 0 bridgehead atoms. The van der Waals surface area contributed by atoms with E-state index in [1.165, 1.54) is 0 Å². The third-order valence-electron chi connectivity index (χ3n) is 3.64. The summed E-state index contributed by atoms with van der Waals surface area (Å²) in [6.45, 7) is -0.244. The van der Waals surface area contributed by atoms with E-state index in [4.69, 9.17) is 4.74 Å². The lowest BCUT2D eigenvalue weighted by molar-refractivity contribution is -0.137. The Kier molecular flexibility index (Phi) is 4.61. The molecule has 140 valence electrons. The Morgan fingerprint density at radius 2 is 1.69 bits per heavy atom. The van der Waals surface area contributed by atoms with Crippen LogP contribution >= 0.6 is 0 Å². The van der Waals surface area contributed by atoms with Gasteiger partial charge in [0.25, 0.3) is 0 Å². The van der Waals surface area contributed by atoms with Gasteiger partial charge in [-0.05, 0) is 18.2 Å². The van der Waals surface area contributed by atoms with Crippen molar-refractivity contribution >= 4 is 10.0 Å². The molecule has 0 spiro atoms. The smallest absolute Gasteiger partial charge is 0.417 e. The summed E-state index contributed by atoms with van der Waals surface area (Å²) in [6.07, 6.45) is -4.54. The number of sulfonamides is 1. The molecule has 0 unspecified atom stereocenters. The monoisotopic (exact) mass is 394 g/mol. The van der Waals surface area contributed by atoms with Crippen LogP contribution in [-0.2, 0) is 16.2 Å². The van der Waals surface area contributed by atoms with Crippen LogP contribution in [0.15, 0.2) is 41.4 Å². The van der Waals surface area contributed by atoms with Gasteiger partial charge in [0, 0.05) is 18.3 Å². The topological polar surface area (TPSA) is 59.5 Å². The molecular weight excluding hydrogens is 383 g/mol. The molecule has 2 aromatic rings. The quantitative estimate of drug-likeness (QED) is 0.749. The largest absolute Gasteiger partial charge is 0.472 e. The zero-order valence-electron chi connectivity index (χ0n) is 12.9. The number of hydrogen-bond acceptors (Lipinski definition) is 4. The third kappa shape index (κ3) is 3.78. The lowest BCUT2D eigenvalue weighted by Gasteiger charge is -2.37. The third-order valence-corrected chi connectivity index (χ3v) is 5.45. The molecule has 1 fully saturated rings. The SMILES string of the molecule is O=S(=O)(c1cc(F)cc(F)c1)N1CC(Oc2ccc(C(F)(F)F)cn2)C1. The van der Waals surface area contributed by atoms with E-state index in [9.17, 15) is 30.4 Å². The summed E-state index contributed by atoms with van der Waals surface area (Å²) in [6, 6.07) is 3.78. The Balaban J connectivity index is 1.63. The van der Waals surface area contributed by atoms with Crippen LogP contribution in [0.2, 0.25) is 0 Å². The van der Waals surface area contributed by atoms with Crippen molar-refractivity contribution in [3.05, 3.63) is 53.7 Å². The maximum absolute atomic E-state index is 13.2. The zero-order chi connectivity index (χ0) is 19.1. The summed E-state index contributed by atoms with van der Waals surface area (Å²) in [5.74, 6) is -2.13. The van der Waals surface area contributed by atoms with Crippen LogP contribution in [0.25, 0.3) is 0 Å². The molecule has 1 aromatic heterocycles. The summed E-state index contributed by atoms with van der Waals surface area (Å²) in [4.78, 5) is 3.00. The zero-order valence-corrected chi connectivity index (χ0v) is 13.7. The van der Waals surface area contributed by atoms with E-state index in [0.29, 0.717) is 24.4 Å². The molecule has 11 heteroatoms. The van der Waals surface area contributed by atoms with Gasteiger partial charge in [-0.1, -0.05) is 0 Å². The molecule has 1 saturated heterocycles. The molecule has 0 N–H and O–H groups in total. The maximum Gasteiger partial charge on any atom is 0.417 e. The van der Waals surface area contributed by atoms with Crippen molar-refractivity contribution in [2.75, 3.05) is 13.1 Å². The highest BCUT2D eigenvalue weighted by Crippen LogP contribution is 2.30. The van der Waals surface area contributed by atoms with Crippen LogP contribution < -0.4 is 4.74 Å². The lowest BCUT2D eigenvalue weighted by Crippen LogP contribution is -2.56. The van der Waals surface area contributed by atoms with E-state index in [-0.39, 0.29) is 19.0 Å². The van der Waals surface area contributed by atoms with Crippen molar-refractivity contribution in [2.45, 2.75) is 17.2 Å². The van der Waals surface area contributed by atoms with Crippen LogP contribution in [0.4, 0.5) is 22.0 Å². The highest BCUT2D eigenvalue weighted by atomic mass is 32.2. The van der Waals surface area contributed by atoms with E-state index in [2.05, 4.69) is 4.98 Å². The van der Waals surface area contributed by atoms with Crippen molar-refractivity contribution in [3.8, 4) is 5.88 Å². The van der Waals surface area contributed by atoms with Gasteiger partial charge in [-0.2, -0.15) is 17.5 Å². The molecule has 0 saturated carbocycles. The van der Waals surface area contributed by atoms with Gasteiger partial charge >= 0.3 is 6.18 Å². The Morgan fingerprint density at radius 3 is 2.19 bits per heavy atom. The van der Waals surface area contributed by atoms with Gasteiger partial charge in [0.05, 0.1) is 23.5 Å². The molecule has 3 rings (SSSR count). The Morgan fingerprint density at radius 1 is 1.08 bits per heavy atom.